The van der Waals surface area contributed by atoms with Crippen LogP contribution in [-0.4, -0.2) is 153 Å². The van der Waals surface area contributed by atoms with Gasteiger partial charge in [-0.15, -0.1) is 0 Å². The Kier molecular flexibility index (Phi) is 34.4. The molecule has 0 aromatic rings. The van der Waals surface area contributed by atoms with Crippen LogP contribution < -0.4 is 38.1 Å². The van der Waals surface area contributed by atoms with E-state index in [-0.39, 0.29) is 82.2 Å². The first kappa shape index (κ1) is 52.3. The highest BCUT2D eigenvalue weighted by atomic mass is 16.5. The summed E-state index contributed by atoms with van der Waals surface area (Å²) in [4.78, 5) is 70.7. The normalized spacial score (nSPS) is 12.0. The van der Waals surface area contributed by atoms with Crippen molar-refractivity contribution in [3.05, 3.63) is 12.3 Å². The smallest absolute Gasteiger partial charge is 0.245 e. The van der Waals surface area contributed by atoms with Gasteiger partial charge in [0.15, 0.2) is 5.78 Å². The van der Waals surface area contributed by atoms with Gasteiger partial charge in [-0.3, -0.25) is 28.8 Å². The maximum Gasteiger partial charge on any atom is 0.245 e. The molecule has 19 heteroatoms. The van der Waals surface area contributed by atoms with Crippen molar-refractivity contribution in [1.82, 2.24) is 26.6 Å². The molecule has 0 heterocycles. The molecule has 0 aliphatic carbocycles. The Balaban J connectivity index is 4.43. The van der Waals surface area contributed by atoms with Crippen molar-refractivity contribution in [2.45, 2.75) is 83.7 Å². The van der Waals surface area contributed by atoms with Gasteiger partial charge in [-0.2, -0.15) is 0 Å². The molecule has 0 rings (SSSR count). The number of primary amides is 1. The Morgan fingerprint density at radius 2 is 1.04 bits per heavy atom. The summed E-state index contributed by atoms with van der Waals surface area (Å²) in [5.41, 5.74) is 11.2. The van der Waals surface area contributed by atoms with E-state index < -0.39 is 18.0 Å². The molecule has 9 N–H and O–H groups in total. The molecule has 0 spiro atoms. The predicted octanol–water partition coefficient (Wildman–Crippen LogP) is -1.04. The second kappa shape index (κ2) is 36.9. The highest BCUT2D eigenvalue weighted by Crippen LogP contribution is 2.07. The van der Waals surface area contributed by atoms with Crippen LogP contribution in [0, 0.1) is 0 Å². The fraction of sp³-hybridized carbons (Fsp3) is 0.784. The molecule has 0 fully saturated rings. The van der Waals surface area contributed by atoms with Crippen molar-refractivity contribution in [2.24, 2.45) is 11.5 Å². The van der Waals surface area contributed by atoms with Gasteiger partial charge in [-0.05, 0) is 32.1 Å². The van der Waals surface area contributed by atoms with Crippen molar-refractivity contribution in [3.8, 4) is 0 Å². The quantitative estimate of drug-likeness (QED) is 0.0365. The first-order chi connectivity index (χ1) is 27.0. The standard InChI is InChI=1S/C37H69N7O12/c1-4-33(46)41-14-17-51-20-23-54-26-29(3)44-32(12-7-6-10-30(45)27-55-24-21-52-18-15-42-34(47)5-2)37(50)43-16-19-53-22-25-56-28-35(48)40-13-9-8-11-31(38)36(39)49/h31-32,44H,3-28,38H2,1-2H3,(H2,39,49)(H,40,48)(H,41,46)(H,42,47)(H,43,50)/t31-,32-/m0/s1. The van der Waals surface area contributed by atoms with E-state index in [0.29, 0.717) is 116 Å². The SMILES string of the molecule is C=C(COCCOCCNC(=O)CC)N[C@@H](CCCCC(=O)COCCOCCNC(=O)CC)C(=O)NCCOCCOCC(=O)NCCCC[C@H](N)C(N)=O. The summed E-state index contributed by atoms with van der Waals surface area (Å²) < 4.78 is 32.7. The van der Waals surface area contributed by atoms with Gasteiger partial charge in [0, 0.05) is 51.1 Å². The van der Waals surface area contributed by atoms with E-state index in [4.69, 9.17) is 39.9 Å². The number of unbranched alkanes of at least 4 members (excludes halogenated alkanes) is 2. The molecule has 0 saturated carbocycles. The predicted molar refractivity (Wildman–Crippen MR) is 208 cm³/mol. The summed E-state index contributed by atoms with van der Waals surface area (Å²) in [7, 11) is 0. The van der Waals surface area contributed by atoms with Gasteiger partial charge in [0.05, 0.1) is 72.1 Å². The molecule has 0 aliphatic heterocycles. The summed E-state index contributed by atoms with van der Waals surface area (Å²) in [6, 6.07) is -1.31. The highest BCUT2D eigenvalue weighted by molar-refractivity contribution is 5.82. The number of carbonyl (C=O) groups excluding carboxylic acids is 6. The third-order valence-corrected chi connectivity index (χ3v) is 7.74. The maximum atomic E-state index is 13.1. The molecule has 324 valence electrons. The van der Waals surface area contributed by atoms with E-state index in [1.807, 2.05) is 0 Å². The number of nitrogens with one attached hydrogen (secondary N) is 5. The number of ketones is 1. The average Bonchev–Trinajstić information content (AvgIpc) is 3.18. The van der Waals surface area contributed by atoms with Crippen LogP contribution in [0.3, 0.4) is 0 Å². The number of ether oxygens (including phenoxy) is 6. The molecule has 5 amide bonds. The third-order valence-electron chi connectivity index (χ3n) is 7.74. The second-order valence-electron chi connectivity index (χ2n) is 12.6. The molecular weight excluding hydrogens is 734 g/mol. The van der Waals surface area contributed by atoms with Gasteiger partial charge in [0.25, 0.3) is 0 Å². The number of hydrogen-bond donors (Lipinski definition) is 7. The zero-order valence-corrected chi connectivity index (χ0v) is 33.6. The molecule has 56 heavy (non-hydrogen) atoms. The van der Waals surface area contributed by atoms with E-state index in [0.717, 1.165) is 0 Å². The number of amides is 5. The number of carbonyl (C=O) groups is 6. The van der Waals surface area contributed by atoms with Gasteiger partial charge in [-0.25, -0.2) is 0 Å². The number of Topliss-reactive ketones (excluding diaryl/α,β-unsaturated/α-hetero) is 1. The van der Waals surface area contributed by atoms with Gasteiger partial charge >= 0.3 is 0 Å². The zero-order valence-electron chi connectivity index (χ0n) is 33.6. The molecule has 0 radical (unpaired) electrons. The summed E-state index contributed by atoms with van der Waals surface area (Å²) in [6.07, 6.45) is 4.51. The van der Waals surface area contributed by atoms with Crippen LogP contribution in [0.4, 0.5) is 0 Å². The minimum Gasteiger partial charge on any atom is -0.377 e. The largest absolute Gasteiger partial charge is 0.377 e. The second-order valence-corrected chi connectivity index (χ2v) is 12.6. The minimum atomic E-state index is -0.681. The molecule has 0 aromatic carbocycles. The molecule has 0 bridgehead atoms. The first-order valence-corrected chi connectivity index (χ1v) is 19.5. The Morgan fingerprint density at radius 3 is 1.59 bits per heavy atom. The maximum absolute atomic E-state index is 13.1. The lowest BCUT2D eigenvalue weighted by molar-refractivity contribution is -0.126. The molecular formula is C37H69N7O12. The van der Waals surface area contributed by atoms with Crippen molar-refractivity contribution in [1.29, 1.82) is 0 Å². The lowest BCUT2D eigenvalue weighted by Gasteiger charge is -2.21. The number of hydrogen-bond acceptors (Lipinski definition) is 14. The van der Waals surface area contributed by atoms with E-state index in [1.165, 1.54) is 0 Å². The summed E-state index contributed by atoms with van der Waals surface area (Å²) >= 11 is 0. The Hall–Kier alpha value is -3.72. The van der Waals surface area contributed by atoms with Gasteiger partial charge < -0.3 is 66.5 Å². The van der Waals surface area contributed by atoms with E-state index in [1.54, 1.807) is 13.8 Å². The number of nitrogens with two attached hydrogens (primary N) is 2. The Labute approximate surface area is 331 Å². The fourth-order valence-corrected chi connectivity index (χ4v) is 4.56. The van der Waals surface area contributed by atoms with Crippen LogP contribution in [0.5, 0.6) is 0 Å². The minimum absolute atomic E-state index is 0.0294. The van der Waals surface area contributed by atoms with Crippen LogP contribution in [0.1, 0.15) is 71.6 Å². The van der Waals surface area contributed by atoms with Gasteiger partial charge in [0.1, 0.15) is 19.3 Å². The molecule has 0 aromatic heterocycles. The molecule has 0 aliphatic rings. The zero-order chi connectivity index (χ0) is 41.7. The molecule has 2 atom stereocenters. The van der Waals surface area contributed by atoms with Crippen LogP contribution in [-0.2, 0) is 57.2 Å². The van der Waals surface area contributed by atoms with Crippen LogP contribution >= 0.6 is 0 Å². The lowest BCUT2D eigenvalue weighted by atomic mass is 10.1. The lowest BCUT2D eigenvalue weighted by Crippen LogP contribution is -2.45. The summed E-state index contributed by atoms with van der Waals surface area (Å²) in [6.45, 7) is 11.6. The average molecular weight is 804 g/mol. The monoisotopic (exact) mass is 804 g/mol. The van der Waals surface area contributed by atoms with Crippen molar-refractivity contribution < 1.29 is 57.2 Å². The third kappa shape index (κ3) is 33.6. The summed E-state index contributed by atoms with van der Waals surface area (Å²) in [5, 5.41) is 14.1. The first-order valence-electron chi connectivity index (χ1n) is 19.5. The molecule has 0 unspecified atom stereocenters. The Morgan fingerprint density at radius 1 is 0.554 bits per heavy atom. The van der Waals surface area contributed by atoms with Crippen molar-refractivity contribution in [3.63, 3.8) is 0 Å². The van der Waals surface area contributed by atoms with Crippen molar-refractivity contribution in [2.75, 3.05) is 105 Å². The van der Waals surface area contributed by atoms with E-state index in [9.17, 15) is 28.8 Å². The molecule has 19 nitrogen and oxygen atoms in total. The number of rotatable bonds is 40. The van der Waals surface area contributed by atoms with Crippen LogP contribution in [0.25, 0.3) is 0 Å². The summed E-state index contributed by atoms with van der Waals surface area (Å²) in [5.74, 6) is -1.21. The highest BCUT2D eigenvalue weighted by Gasteiger charge is 2.19. The Bertz CT molecular complexity index is 1120. The van der Waals surface area contributed by atoms with Gasteiger partial charge in [0.2, 0.25) is 29.5 Å². The van der Waals surface area contributed by atoms with Gasteiger partial charge in [-0.1, -0.05) is 26.8 Å². The van der Waals surface area contributed by atoms with Crippen LogP contribution in [0.15, 0.2) is 12.3 Å². The van der Waals surface area contributed by atoms with E-state index >= 15 is 0 Å². The van der Waals surface area contributed by atoms with Crippen LogP contribution in [0.2, 0.25) is 0 Å². The topological polar surface area (TPSA) is 270 Å². The van der Waals surface area contributed by atoms with E-state index in [2.05, 4.69) is 33.2 Å². The molecule has 0 saturated heterocycles. The fourth-order valence-electron chi connectivity index (χ4n) is 4.56. The van der Waals surface area contributed by atoms with Crippen molar-refractivity contribution >= 4 is 35.3 Å².